The van der Waals surface area contributed by atoms with Crippen molar-refractivity contribution in [3.63, 3.8) is 0 Å². The average Bonchev–Trinajstić information content (AvgIpc) is 2.46. The first-order valence-electron chi connectivity index (χ1n) is 6.42. The molecule has 1 unspecified atom stereocenters. The number of aromatic hydroxyl groups is 1. The first-order valence-corrected chi connectivity index (χ1v) is 6.42. The lowest BCUT2D eigenvalue weighted by molar-refractivity contribution is 0.0742. The molecule has 4 heteroatoms. The molecule has 2 rings (SSSR count). The SMILES string of the molecule is CC(c1ccccc1O)N(C)C(=O)c1ccccc1N. The predicted octanol–water partition coefficient (Wildman–Crippen LogP) is 2.81. The van der Waals surface area contributed by atoms with Gasteiger partial charge in [0.2, 0.25) is 0 Å². The molecule has 0 aromatic heterocycles. The Morgan fingerprint density at radius 1 is 1.15 bits per heavy atom. The molecule has 1 amide bonds. The molecule has 3 N–H and O–H groups in total. The molecule has 1 atom stereocenters. The van der Waals surface area contributed by atoms with Crippen molar-refractivity contribution < 1.29 is 9.90 Å². The number of anilines is 1. The monoisotopic (exact) mass is 270 g/mol. The summed E-state index contributed by atoms with van der Waals surface area (Å²) in [6.45, 7) is 1.87. The molecule has 0 fully saturated rings. The first-order chi connectivity index (χ1) is 9.52. The van der Waals surface area contributed by atoms with Crippen LogP contribution in [0.4, 0.5) is 5.69 Å². The molecule has 2 aromatic rings. The summed E-state index contributed by atoms with van der Waals surface area (Å²) in [4.78, 5) is 14.0. The van der Waals surface area contributed by atoms with Gasteiger partial charge in [0.1, 0.15) is 5.75 Å². The summed E-state index contributed by atoms with van der Waals surface area (Å²) in [5.41, 5.74) is 7.46. The van der Waals surface area contributed by atoms with Crippen molar-refractivity contribution in [3.8, 4) is 5.75 Å². The number of para-hydroxylation sites is 2. The quantitative estimate of drug-likeness (QED) is 0.843. The van der Waals surface area contributed by atoms with Gasteiger partial charge >= 0.3 is 0 Å². The number of amides is 1. The van der Waals surface area contributed by atoms with Gasteiger partial charge in [-0.2, -0.15) is 0 Å². The van der Waals surface area contributed by atoms with E-state index in [2.05, 4.69) is 0 Å². The minimum absolute atomic E-state index is 0.168. The van der Waals surface area contributed by atoms with Crippen LogP contribution in [0.2, 0.25) is 0 Å². The van der Waals surface area contributed by atoms with Crippen LogP contribution in [0.5, 0.6) is 5.75 Å². The van der Waals surface area contributed by atoms with Crippen LogP contribution < -0.4 is 5.73 Å². The minimum Gasteiger partial charge on any atom is -0.508 e. The number of phenolic OH excluding ortho intramolecular Hbond substituents is 1. The van der Waals surface area contributed by atoms with Crippen molar-refractivity contribution in [1.82, 2.24) is 4.90 Å². The van der Waals surface area contributed by atoms with Crippen molar-refractivity contribution in [3.05, 3.63) is 59.7 Å². The second-order valence-corrected chi connectivity index (χ2v) is 4.74. The molecule has 0 saturated carbocycles. The Bertz CT molecular complexity index is 625. The lowest BCUT2D eigenvalue weighted by Gasteiger charge is -2.26. The molecular formula is C16H18N2O2. The molecule has 2 aromatic carbocycles. The van der Waals surface area contributed by atoms with E-state index in [1.54, 1.807) is 54.4 Å². The Balaban J connectivity index is 2.28. The maximum absolute atomic E-state index is 12.5. The molecule has 0 spiro atoms. The largest absolute Gasteiger partial charge is 0.508 e. The zero-order valence-corrected chi connectivity index (χ0v) is 11.6. The number of benzene rings is 2. The summed E-state index contributed by atoms with van der Waals surface area (Å²) < 4.78 is 0. The Labute approximate surface area is 118 Å². The van der Waals surface area contributed by atoms with Crippen molar-refractivity contribution >= 4 is 11.6 Å². The van der Waals surface area contributed by atoms with E-state index < -0.39 is 0 Å². The van der Waals surface area contributed by atoms with Crippen molar-refractivity contribution in [2.75, 3.05) is 12.8 Å². The molecule has 0 aliphatic rings. The third kappa shape index (κ3) is 2.59. The van der Waals surface area contributed by atoms with E-state index in [-0.39, 0.29) is 17.7 Å². The van der Waals surface area contributed by atoms with E-state index in [1.807, 2.05) is 13.0 Å². The highest BCUT2D eigenvalue weighted by Crippen LogP contribution is 2.28. The Hall–Kier alpha value is -2.49. The van der Waals surface area contributed by atoms with Gasteiger partial charge in [0.05, 0.1) is 11.6 Å². The van der Waals surface area contributed by atoms with E-state index in [0.717, 1.165) is 0 Å². The molecular weight excluding hydrogens is 252 g/mol. The van der Waals surface area contributed by atoms with E-state index >= 15 is 0 Å². The first kappa shape index (κ1) is 13.9. The summed E-state index contributed by atoms with van der Waals surface area (Å²) in [6.07, 6.45) is 0. The second-order valence-electron chi connectivity index (χ2n) is 4.74. The van der Waals surface area contributed by atoms with Crippen LogP contribution in [-0.2, 0) is 0 Å². The van der Waals surface area contributed by atoms with Crippen LogP contribution in [0.25, 0.3) is 0 Å². The van der Waals surface area contributed by atoms with E-state index in [0.29, 0.717) is 16.8 Å². The van der Waals surface area contributed by atoms with Gasteiger partial charge in [0.15, 0.2) is 0 Å². The highest BCUT2D eigenvalue weighted by Gasteiger charge is 2.21. The number of hydrogen-bond acceptors (Lipinski definition) is 3. The number of rotatable bonds is 3. The van der Waals surface area contributed by atoms with Gasteiger partial charge in [0, 0.05) is 18.3 Å². The fourth-order valence-electron chi connectivity index (χ4n) is 2.11. The number of carbonyl (C=O) groups is 1. The Morgan fingerprint density at radius 2 is 1.75 bits per heavy atom. The highest BCUT2D eigenvalue weighted by atomic mass is 16.3. The Morgan fingerprint density at radius 3 is 2.40 bits per heavy atom. The number of hydrogen-bond donors (Lipinski definition) is 2. The molecule has 0 bridgehead atoms. The van der Waals surface area contributed by atoms with Crippen LogP contribution in [0, 0.1) is 0 Å². The lowest BCUT2D eigenvalue weighted by Crippen LogP contribution is -2.30. The molecule has 0 aliphatic carbocycles. The standard InChI is InChI=1S/C16H18N2O2/c1-11(12-7-4-6-10-15(12)19)18(2)16(20)13-8-3-5-9-14(13)17/h3-11,19H,17H2,1-2H3. The van der Waals surface area contributed by atoms with Crippen LogP contribution in [0.3, 0.4) is 0 Å². The van der Waals surface area contributed by atoms with E-state index in [9.17, 15) is 9.90 Å². The van der Waals surface area contributed by atoms with Crippen LogP contribution in [-0.4, -0.2) is 23.0 Å². The smallest absolute Gasteiger partial charge is 0.256 e. The zero-order valence-electron chi connectivity index (χ0n) is 11.6. The van der Waals surface area contributed by atoms with Crippen LogP contribution >= 0.6 is 0 Å². The van der Waals surface area contributed by atoms with Crippen molar-refractivity contribution in [2.45, 2.75) is 13.0 Å². The number of nitrogen functional groups attached to an aromatic ring is 1. The van der Waals surface area contributed by atoms with Gasteiger partial charge in [-0.05, 0) is 25.1 Å². The number of nitrogens with two attached hydrogens (primary N) is 1. The molecule has 4 nitrogen and oxygen atoms in total. The molecule has 0 aliphatic heterocycles. The van der Waals surface area contributed by atoms with Gasteiger partial charge in [-0.1, -0.05) is 30.3 Å². The number of phenols is 1. The summed E-state index contributed by atoms with van der Waals surface area (Å²) in [5, 5.41) is 9.87. The summed E-state index contributed by atoms with van der Waals surface area (Å²) in [7, 11) is 1.70. The zero-order chi connectivity index (χ0) is 14.7. The fraction of sp³-hybridized carbons (Fsp3) is 0.188. The van der Waals surface area contributed by atoms with Gasteiger partial charge in [-0.25, -0.2) is 0 Å². The lowest BCUT2D eigenvalue weighted by atomic mass is 10.0. The van der Waals surface area contributed by atoms with Crippen LogP contribution in [0.15, 0.2) is 48.5 Å². The summed E-state index contributed by atoms with van der Waals surface area (Å²) in [6, 6.07) is 13.7. The normalized spacial score (nSPS) is 11.9. The third-order valence-electron chi connectivity index (χ3n) is 3.48. The van der Waals surface area contributed by atoms with E-state index in [1.165, 1.54) is 0 Å². The minimum atomic E-state index is -0.247. The van der Waals surface area contributed by atoms with Crippen LogP contribution in [0.1, 0.15) is 28.9 Å². The summed E-state index contributed by atoms with van der Waals surface area (Å²) in [5.74, 6) is 0.0135. The molecule has 0 saturated heterocycles. The summed E-state index contributed by atoms with van der Waals surface area (Å²) >= 11 is 0. The van der Waals surface area contributed by atoms with Gasteiger partial charge in [-0.3, -0.25) is 4.79 Å². The van der Waals surface area contributed by atoms with Gasteiger partial charge in [0.25, 0.3) is 5.91 Å². The molecule has 0 heterocycles. The Kier molecular flexibility index (Phi) is 3.94. The van der Waals surface area contributed by atoms with Gasteiger partial charge in [-0.15, -0.1) is 0 Å². The molecule has 20 heavy (non-hydrogen) atoms. The van der Waals surface area contributed by atoms with Gasteiger partial charge < -0.3 is 15.7 Å². The second kappa shape index (κ2) is 5.65. The van der Waals surface area contributed by atoms with Crippen molar-refractivity contribution in [2.24, 2.45) is 0 Å². The van der Waals surface area contributed by atoms with E-state index in [4.69, 9.17) is 5.73 Å². The highest BCUT2D eigenvalue weighted by molar-refractivity contribution is 5.99. The maximum Gasteiger partial charge on any atom is 0.256 e. The predicted molar refractivity (Wildman–Crippen MR) is 79.5 cm³/mol. The number of nitrogens with zero attached hydrogens (tertiary/aromatic N) is 1. The molecule has 0 radical (unpaired) electrons. The van der Waals surface area contributed by atoms with Crippen molar-refractivity contribution in [1.29, 1.82) is 0 Å². The molecule has 104 valence electrons. The average molecular weight is 270 g/mol. The topological polar surface area (TPSA) is 66.6 Å². The maximum atomic E-state index is 12.5. The third-order valence-corrected chi connectivity index (χ3v) is 3.48. The number of carbonyl (C=O) groups excluding carboxylic acids is 1. The fourth-order valence-corrected chi connectivity index (χ4v) is 2.11.